The van der Waals surface area contributed by atoms with Crippen LogP contribution in [0.5, 0.6) is 0 Å². The number of halogens is 1. The predicted octanol–water partition coefficient (Wildman–Crippen LogP) is 2.83. The Morgan fingerprint density at radius 1 is 1.50 bits per heavy atom. The van der Waals surface area contributed by atoms with Crippen LogP contribution in [0.3, 0.4) is 0 Å². The van der Waals surface area contributed by atoms with E-state index in [-0.39, 0.29) is 11.9 Å². The van der Waals surface area contributed by atoms with Crippen molar-refractivity contribution >= 4 is 23.3 Å². The van der Waals surface area contributed by atoms with Crippen LogP contribution in [0.15, 0.2) is 24.3 Å². The quantitative estimate of drug-likeness (QED) is 0.787. The van der Waals surface area contributed by atoms with E-state index in [1.165, 1.54) is 0 Å². The summed E-state index contributed by atoms with van der Waals surface area (Å²) < 4.78 is 0. The van der Waals surface area contributed by atoms with Crippen LogP contribution >= 0.6 is 11.6 Å². The number of anilines is 1. The maximum Gasteiger partial charge on any atom is 0.319 e. The molecular formula is C13H20ClN3O. The lowest BCUT2D eigenvalue weighted by Crippen LogP contribution is -2.56. The molecule has 0 saturated carbocycles. The summed E-state index contributed by atoms with van der Waals surface area (Å²) in [5, 5.41) is 6.21. The van der Waals surface area contributed by atoms with Crippen LogP contribution in [0, 0.1) is 5.92 Å². The average molecular weight is 270 g/mol. The zero-order valence-electron chi connectivity index (χ0n) is 11.0. The van der Waals surface area contributed by atoms with E-state index in [1.54, 1.807) is 24.3 Å². The van der Waals surface area contributed by atoms with E-state index in [4.69, 9.17) is 17.3 Å². The van der Waals surface area contributed by atoms with E-state index in [2.05, 4.69) is 10.6 Å². The molecule has 1 aromatic carbocycles. The Morgan fingerprint density at radius 2 is 2.17 bits per heavy atom. The zero-order chi connectivity index (χ0) is 13.8. The SMILES string of the molecule is CC(C)C(C)(CN)NC(=O)Nc1cccc(Cl)c1. The minimum absolute atomic E-state index is 0.243. The van der Waals surface area contributed by atoms with Gasteiger partial charge in [-0.05, 0) is 31.0 Å². The molecule has 0 aliphatic heterocycles. The van der Waals surface area contributed by atoms with Crippen molar-refractivity contribution in [3.05, 3.63) is 29.3 Å². The third kappa shape index (κ3) is 3.89. The second-order valence-corrected chi connectivity index (χ2v) is 5.30. The van der Waals surface area contributed by atoms with Gasteiger partial charge in [-0.25, -0.2) is 4.79 Å². The Hall–Kier alpha value is -1.26. The van der Waals surface area contributed by atoms with Crippen LogP contribution in [0.4, 0.5) is 10.5 Å². The molecule has 1 atom stereocenters. The van der Waals surface area contributed by atoms with Crippen LogP contribution < -0.4 is 16.4 Å². The molecule has 0 radical (unpaired) electrons. The van der Waals surface area contributed by atoms with Crippen LogP contribution in [0.25, 0.3) is 0 Å². The Balaban J connectivity index is 2.67. The molecule has 100 valence electrons. The lowest BCUT2D eigenvalue weighted by molar-refractivity contribution is 0.225. The summed E-state index contributed by atoms with van der Waals surface area (Å²) in [5.74, 6) is 0.243. The molecule has 0 aliphatic rings. The first kappa shape index (κ1) is 14.8. The molecule has 18 heavy (non-hydrogen) atoms. The van der Waals surface area contributed by atoms with Crippen LogP contribution in [-0.2, 0) is 0 Å². The highest BCUT2D eigenvalue weighted by molar-refractivity contribution is 6.30. The summed E-state index contributed by atoms with van der Waals surface area (Å²) in [4.78, 5) is 11.9. The van der Waals surface area contributed by atoms with Gasteiger partial charge in [-0.2, -0.15) is 0 Å². The molecule has 4 N–H and O–H groups in total. The number of hydrogen-bond donors (Lipinski definition) is 3. The van der Waals surface area contributed by atoms with E-state index in [0.29, 0.717) is 17.3 Å². The fourth-order valence-electron chi connectivity index (χ4n) is 1.42. The fourth-order valence-corrected chi connectivity index (χ4v) is 1.61. The maximum absolute atomic E-state index is 11.9. The van der Waals surface area contributed by atoms with Gasteiger partial charge in [0.2, 0.25) is 0 Å². The second-order valence-electron chi connectivity index (χ2n) is 4.87. The van der Waals surface area contributed by atoms with Crippen molar-refractivity contribution < 1.29 is 4.79 Å². The van der Waals surface area contributed by atoms with Crippen molar-refractivity contribution in [2.24, 2.45) is 11.7 Å². The van der Waals surface area contributed by atoms with Crippen molar-refractivity contribution in [1.82, 2.24) is 5.32 Å². The van der Waals surface area contributed by atoms with Gasteiger partial charge in [0, 0.05) is 17.3 Å². The second kappa shape index (κ2) is 6.07. The fraction of sp³-hybridized carbons (Fsp3) is 0.462. The standard InChI is InChI=1S/C13H20ClN3O/c1-9(2)13(3,8-15)17-12(18)16-11-6-4-5-10(14)7-11/h4-7,9H,8,15H2,1-3H3,(H2,16,17,18). The smallest absolute Gasteiger partial charge is 0.319 e. The Kier molecular flexibility index (Phi) is 4.99. The highest BCUT2D eigenvalue weighted by Gasteiger charge is 2.28. The van der Waals surface area contributed by atoms with E-state index in [9.17, 15) is 4.79 Å². The number of carbonyl (C=O) groups excluding carboxylic acids is 1. The van der Waals surface area contributed by atoms with Gasteiger partial charge in [0.05, 0.1) is 5.54 Å². The van der Waals surface area contributed by atoms with Gasteiger partial charge in [-0.3, -0.25) is 0 Å². The monoisotopic (exact) mass is 269 g/mol. The molecule has 1 rings (SSSR count). The average Bonchev–Trinajstić information content (AvgIpc) is 2.28. The minimum Gasteiger partial charge on any atom is -0.331 e. The number of amides is 2. The predicted molar refractivity (Wildman–Crippen MR) is 75.9 cm³/mol. The third-order valence-electron chi connectivity index (χ3n) is 3.18. The van der Waals surface area contributed by atoms with Gasteiger partial charge >= 0.3 is 6.03 Å². The van der Waals surface area contributed by atoms with Gasteiger partial charge in [0.25, 0.3) is 0 Å². The number of urea groups is 1. The number of nitrogens with one attached hydrogen (secondary N) is 2. The number of hydrogen-bond acceptors (Lipinski definition) is 2. The highest BCUT2D eigenvalue weighted by atomic mass is 35.5. The molecule has 4 nitrogen and oxygen atoms in total. The normalized spacial score (nSPS) is 14.1. The lowest BCUT2D eigenvalue weighted by Gasteiger charge is -2.33. The Bertz CT molecular complexity index is 422. The summed E-state index contributed by atoms with van der Waals surface area (Å²) in [6, 6.07) is 6.72. The van der Waals surface area contributed by atoms with E-state index < -0.39 is 5.54 Å². The Morgan fingerprint density at radius 3 is 2.67 bits per heavy atom. The van der Waals surface area contributed by atoms with E-state index >= 15 is 0 Å². The first-order valence-corrected chi connectivity index (χ1v) is 6.30. The first-order chi connectivity index (χ1) is 8.37. The molecule has 0 bridgehead atoms. The first-order valence-electron chi connectivity index (χ1n) is 5.92. The molecule has 0 fully saturated rings. The van der Waals surface area contributed by atoms with Crippen LogP contribution in [-0.4, -0.2) is 18.1 Å². The van der Waals surface area contributed by atoms with E-state index in [1.807, 2.05) is 20.8 Å². The zero-order valence-corrected chi connectivity index (χ0v) is 11.7. The summed E-state index contributed by atoms with van der Waals surface area (Å²) >= 11 is 5.85. The van der Waals surface area contributed by atoms with Gasteiger partial charge in [0.15, 0.2) is 0 Å². The number of nitrogens with two attached hydrogens (primary N) is 1. The van der Waals surface area contributed by atoms with Gasteiger partial charge in [-0.15, -0.1) is 0 Å². The summed E-state index contributed by atoms with van der Waals surface area (Å²) in [7, 11) is 0. The van der Waals surface area contributed by atoms with Crippen LogP contribution in [0.1, 0.15) is 20.8 Å². The molecule has 1 aromatic rings. The summed E-state index contributed by atoms with van der Waals surface area (Å²) in [5.41, 5.74) is 5.94. The van der Waals surface area contributed by atoms with Gasteiger partial charge in [0.1, 0.15) is 0 Å². The summed E-state index contributed by atoms with van der Waals surface area (Å²) in [6.45, 7) is 6.35. The number of rotatable bonds is 4. The third-order valence-corrected chi connectivity index (χ3v) is 3.41. The molecule has 0 spiro atoms. The maximum atomic E-state index is 11.9. The number of carbonyl (C=O) groups is 1. The molecule has 5 heteroatoms. The van der Waals surface area contributed by atoms with Crippen molar-refractivity contribution in [2.75, 3.05) is 11.9 Å². The largest absolute Gasteiger partial charge is 0.331 e. The minimum atomic E-state index is -0.428. The van der Waals surface area contributed by atoms with Crippen LogP contribution in [0.2, 0.25) is 5.02 Å². The van der Waals surface area contributed by atoms with E-state index in [0.717, 1.165) is 0 Å². The molecule has 0 aliphatic carbocycles. The highest BCUT2D eigenvalue weighted by Crippen LogP contribution is 2.17. The summed E-state index contributed by atoms with van der Waals surface area (Å²) in [6.07, 6.45) is 0. The number of benzene rings is 1. The molecule has 0 saturated heterocycles. The topological polar surface area (TPSA) is 67.1 Å². The molecule has 1 unspecified atom stereocenters. The lowest BCUT2D eigenvalue weighted by atomic mass is 9.89. The van der Waals surface area contributed by atoms with Crippen molar-refractivity contribution in [3.63, 3.8) is 0 Å². The molecule has 0 heterocycles. The Labute approximate surface area is 113 Å². The van der Waals surface area contributed by atoms with Crippen molar-refractivity contribution in [1.29, 1.82) is 0 Å². The van der Waals surface area contributed by atoms with Gasteiger partial charge in [-0.1, -0.05) is 31.5 Å². The van der Waals surface area contributed by atoms with Crippen molar-refractivity contribution in [2.45, 2.75) is 26.3 Å². The van der Waals surface area contributed by atoms with Crippen molar-refractivity contribution in [3.8, 4) is 0 Å². The molecular weight excluding hydrogens is 250 g/mol. The molecule has 0 aromatic heterocycles. The molecule has 2 amide bonds. The van der Waals surface area contributed by atoms with Gasteiger partial charge < -0.3 is 16.4 Å².